The Bertz CT molecular complexity index is 866. The molecule has 0 spiro atoms. The molecular weight excluding hydrogens is 358 g/mol. The summed E-state index contributed by atoms with van der Waals surface area (Å²) in [4.78, 5) is 25.7. The molecule has 6 heteroatoms. The van der Waals surface area contributed by atoms with Crippen LogP contribution in [0.25, 0.3) is 11.1 Å². The summed E-state index contributed by atoms with van der Waals surface area (Å²) >= 11 is 0. The molecule has 1 N–H and O–H groups in total. The fourth-order valence-corrected chi connectivity index (χ4v) is 4.29. The number of carbonyl (C=O) groups excluding carboxylic acids is 1. The van der Waals surface area contributed by atoms with Gasteiger partial charge in [-0.2, -0.15) is 0 Å². The summed E-state index contributed by atoms with van der Waals surface area (Å²) in [5, 5.41) is 9.51. The normalized spacial score (nSPS) is 21.1. The number of amides is 1. The molecule has 2 aliphatic rings. The lowest BCUT2D eigenvalue weighted by atomic mass is 9.93. The highest BCUT2D eigenvalue weighted by Gasteiger charge is 2.44. The van der Waals surface area contributed by atoms with E-state index in [0.717, 1.165) is 11.1 Å². The highest BCUT2D eigenvalue weighted by molar-refractivity contribution is 5.80. The predicted molar refractivity (Wildman–Crippen MR) is 103 cm³/mol. The Kier molecular flexibility index (Phi) is 4.81. The van der Waals surface area contributed by atoms with Crippen molar-refractivity contribution < 1.29 is 24.2 Å². The predicted octanol–water partition coefficient (Wildman–Crippen LogP) is 3.50. The number of benzene rings is 2. The third-order valence-electron chi connectivity index (χ3n) is 5.83. The van der Waals surface area contributed by atoms with Crippen molar-refractivity contribution in [1.82, 2.24) is 4.90 Å². The molecule has 1 fully saturated rings. The number of likely N-dealkylation sites (tertiary alicyclic amines) is 1. The van der Waals surface area contributed by atoms with Crippen LogP contribution in [0.3, 0.4) is 0 Å². The van der Waals surface area contributed by atoms with E-state index in [1.165, 1.54) is 23.1 Å². The zero-order valence-electron chi connectivity index (χ0n) is 15.8. The molecule has 146 valence electrons. The first-order chi connectivity index (χ1) is 13.6. The lowest BCUT2D eigenvalue weighted by molar-refractivity contribution is -0.168. The molecule has 4 rings (SSSR count). The summed E-state index contributed by atoms with van der Waals surface area (Å²) in [6.45, 7) is 0.682. The molecule has 1 aliphatic carbocycles. The number of carboxylic acids is 1. The average Bonchev–Trinajstić information content (AvgIpc) is 3.05. The molecular formula is C22H23NO5. The first-order valence-electron chi connectivity index (χ1n) is 9.44. The van der Waals surface area contributed by atoms with E-state index in [9.17, 15) is 14.7 Å². The number of fused-ring (bicyclic) bond motifs is 3. The van der Waals surface area contributed by atoms with Gasteiger partial charge in [0.1, 0.15) is 6.61 Å². The Morgan fingerprint density at radius 1 is 1.11 bits per heavy atom. The molecule has 2 aromatic carbocycles. The third kappa shape index (κ3) is 3.03. The van der Waals surface area contributed by atoms with Gasteiger partial charge in [0.2, 0.25) is 0 Å². The number of carbonyl (C=O) groups is 2. The third-order valence-corrected chi connectivity index (χ3v) is 5.83. The SMILES string of the molecule is COC1(C(=O)O)CCCN(C(=O)OCC2c3ccccc3-c3ccccc32)C1. The Morgan fingerprint density at radius 2 is 1.71 bits per heavy atom. The number of methoxy groups -OCH3 is 1. The molecule has 1 unspecified atom stereocenters. The largest absolute Gasteiger partial charge is 0.479 e. The zero-order valence-corrected chi connectivity index (χ0v) is 15.8. The standard InChI is InChI=1S/C22H23NO5/c1-27-22(20(24)25)11-6-12-23(14-22)21(26)28-13-19-17-9-4-2-7-15(17)16-8-3-5-10-18(16)19/h2-5,7-10,19H,6,11-14H2,1H3,(H,24,25). The van der Waals surface area contributed by atoms with Crippen molar-refractivity contribution in [3.63, 3.8) is 0 Å². The molecule has 2 aromatic rings. The van der Waals surface area contributed by atoms with Crippen LogP contribution in [-0.2, 0) is 14.3 Å². The van der Waals surface area contributed by atoms with Crippen molar-refractivity contribution in [3.05, 3.63) is 59.7 Å². The lowest BCUT2D eigenvalue weighted by Gasteiger charge is -2.38. The van der Waals surface area contributed by atoms with Gasteiger partial charge in [-0.05, 0) is 35.1 Å². The molecule has 0 radical (unpaired) electrons. The van der Waals surface area contributed by atoms with Gasteiger partial charge in [-0.15, -0.1) is 0 Å². The highest BCUT2D eigenvalue weighted by atomic mass is 16.6. The molecule has 0 aromatic heterocycles. The van der Waals surface area contributed by atoms with Crippen LogP contribution in [0.1, 0.15) is 29.9 Å². The Hall–Kier alpha value is -2.86. The van der Waals surface area contributed by atoms with Crippen LogP contribution < -0.4 is 0 Å². The van der Waals surface area contributed by atoms with Crippen LogP contribution in [0.5, 0.6) is 0 Å². The number of rotatable bonds is 4. The minimum Gasteiger partial charge on any atom is -0.479 e. The van der Waals surface area contributed by atoms with Crippen LogP contribution in [0.4, 0.5) is 4.79 Å². The molecule has 1 saturated heterocycles. The number of hydrogen-bond acceptors (Lipinski definition) is 4. The van der Waals surface area contributed by atoms with E-state index in [-0.39, 0.29) is 19.1 Å². The summed E-state index contributed by atoms with van der Waals surface area (Å²) < 4.78 is 10.9. The van der Waals surface area contributed by atoms with Gasteiger partial charge in [0.15, 0.2) is 5.60 Å². The Morgan fingerprint density at radius 3 is 2.29 bits per heavy atom. The van der Waals surface area contributed by atoms with Crippen molar-refractivity contribution in [3.8, 4) is 11.1 Å². The topological polar surface area (TPSA) is 76.1 Å². The first-order valence-corrected chi connectivity index (χ1v) is 9.44. The Balaban J connectivity index is 1.49. The smallest absolute Gasteiger partial charge is 0.409 e. The van der Waals surface area contributed by atoms with Crippen molar-refractivity contribution in [1.29, 1.82) is 0 Å². The highest BCUT2D eigenvalue weighted by Crippen LogP contribution is 2.44. The average molecular weight is 381 g/mol. The zero-order chi connectivity index (χ0) is 19.7. The minimum atomic E-state index is -1.36. The molecule has 0 saturated carbocycles. The number of hydrogen-bond donors (Lipinski definition) is 1. The van der Waals surface area contributed by atoms with Crippen LogP contribution in [0.2, 0.25) is 0 Å². The molecule has 1 amide bonds. The summed E-state index contributed by atoms with van der Waals surface area (Å²) in [5.41, 5.74) is 3.27. The van der Waals surface area contributed by atoms with Gasteiger partial charge >= 0.3 is 12.1 Å². The second kappa shape index (κ2) is 7.28. The van der Waals surface area contributed by atoms with Gasteiger partial charge in [0.25, 0.3) is 0 Å². The van der Waals surface area contributed by atoms with Crippen LogP contribution in [0.15, 0.2) is 48.5 Å². The maximum atomic E-state index is 12.7. The van der Waals surface area contributed by atoms with E-state index >= 15 is 0 Å². The van der Waals surface area contributed by atoms with E-state index in [4.69, 9.17) is 9.47 Å². The van der Waals surface area contributed by atoms with Gasteiger partial charge in [-0.25, -0.2) is 9.59 Å². The van der Waals surface area contributed by atoms with E-state index in [2.05, 4.69) is 24.3 Å². The maximum Gasteiger partial charge on any atom is 0.409 e. The van der Waals surface area contributed by atoms with E-state index in [0.29, 0.717) is 19.4 Å². The molecule has 1 atom stereocenters. The fourth-order valence-electron chi connectivity index (χ4n) is 4.29. The van der Waals surface area contributed by atoms with Gasteiger partial charge in [0, 0.05) is 19.6 Å². The summed E-state index contributed by atoms with van der Waals surface area (Å²) in [5.74, 6) is -1.07. The van der Waals surface area contributed by atoms with Crippen LogP contribution in [0, 0.1) is 0 Å². The first kappa shape index (κ1) is 18.5. The minimum absolute atomic E-state index is 0.00446. The van der Waals surface area contributed by atoms with E-state index in [1.54, 1.807) is 0 Å². The van der Waals surface area contributed by atoms with E-state index < -0.39 is 17.7 Å². The van der Waals surface area contributed by atoms with Crippen LogP contribution in [-0.4, -0.2) is 54.5 Å². The monoisotopic (exact) mass is 381 g/mol. The van der Waals surface area contributed by atoms with E-state index in [1.807, 2.05) is 24.3 Å². The molecule has 1 heterocycles. The molecule has 28 heavy (non-hydrogen) atoms. The van der Waals surface area contributed by atoms with Gasteiger partial charge in [-0.1, -0.05) is 48.5 Å². The number of piperidine rings is 1. The number of aliphatic carboxylic acids is 1. The van der Waals surface area contributed by atoms with Crippen molar-refractivity contribution in [2.45, 2.75) is 24.4 Å². The number of ether oxygens (including phenoxy) is 2. The molecule has 0 bridgehead atoms. The van der Waals surface area contributed by atoms with Crippen molar-refractivity contribution in [2.75, 3.05) is 26.8 Å². The number of carboxylic acid groups (broad SMARTS) is 1. The van der Waals surface area contributed by atoms with Crippen LogP contribution >= 0.6 is 0 Å². The second-order valence-electron chi connectivity index (χ2n) is 7.33. The maximum absolute atomic E-state index is 12.7. The summed E-state index contributed by atoms with van der Waals surface area (Å²) in [7, 11) is 1.37. The lowest BCUT2D eigenvalue weighted by Crippen LogP contribution is -2.56. The Labute approximate surface area is 163 Å². The summed E-state index contributed by atoms with van der Waals surface area (Å²) in [6, 6.07) is 16.3. The van der Waals surface area contributed by atoms with Gasteiger partial charge in [0.05, 0.1) is 6.54 Å². The second-order valence-corrected chi connectivity index (χ2v) is 7.33. The fraction of sp³-hybridized carbons (Fsp3) is 0.364. The van der Waals surface area contributed by atoms with Crippen molar-refractivity contribution in [2.24, 2.45) is 0 Å². The van der Waals surface area contributed by atoms with Gasteiger partial charge in [-0.3, -0.25) is 0 Å². The number of nitrogens with zero attached hydrogens (tertiary/aromatic N) is 1. The summed E-state index contributed by atoms with van der Waals surface area (Å²) in [6.07, 6.45) is 0.445. The quantitative estimate of drug-likeness (QED) is 0.877. The van der Waals surface area contributed by atoms with Gasteiger partial charge < -0.3 is 19.5 Å². The molecule has 1 aliphatic heterocycles. The molecule has 6 nitrogen and oxygen atoms in total. The van der Waals surface area contributed by atoms with Crippen molar-refractivity contribution >= 4 is 12.1 Å².